The zero-order valence-electron chi connectivity index (χ0n) is 10.7. The van der Waals surface area contributed by atoms with Crippen molar-refractivity contribution in [2.24, 2.45) is 5.73 Å². The van der Waals surface area contributed by atoms with Gasteiger partial charge in [0, 0.05) is 32.4 Å². The van der Waals surface area contributed by atoms with E-state index in [1.807, 2.05) is 12.1 Å². The lowest BCUT2D eigenvalue weighted by molar-refractivity contribution is 0.0668. The van der Waals surface area contributed by atoms with E-state index in [4.69, 9.17) is 15.9 Å². The maximum Gasteiger partial charge on any atom is 0.142 e. The lowest BCUT2D eigenvalue weighted by Gasteiger charge is -2.22. The fraction of sp³-hybridized carbons (Fsp3) is 0.538. The molecular formula is C13H20N4O. The predicted octanol–water partition coefficient (Wildman–Crippen LogP) is 0.976. The molecule has 0 aromatic carbocycles. The highest BCUT2D eigenvalue weighted by Crippen LogP contribution is 2.12. The van der Waals surface area contributed by atoms with Crippen molar-refractivity contribution in [1.82, 2.24) is 9.88 Å². The van der Waals surface area contributed by atoms with Crippen molar-refractivity contribution in [1.29, 1.82) is 5.41 Å². The molecule has 5 nitrogen and oxygen atoms in total. The molecule has 0 spiro atoms. The second-order valence-corrected chi connectivity index (χ2v) is 4.69. The quantitative estimate of drug-likeness (QED) is 0.617. The van der Waals surface area contributed by atoms with Crippen molar-refractivity contribution in [3.8, 4) is 0 Å². The van der Waals surface area contributed by atoms with Crippen LogP contribution in [0.4, 0.5) is 0 Å². The van der Waals surface area contributed by atoms with E-state index < -0.39 is 0 Å². The van der Waals surface area contributed by atoms with E-state index in [9.17, 15) is 0 Å². The molecule has 0 bridgehead atoms. The summed E-state index contributed by atoms with van der Waals surface area (Å²) in [5.74, 6) is 0.0321. The summed E-state index contributed by atoms with van der Waals surface area (Å²) in [6, 6.07) is 3.87. The van der Waals surface area contributed by atoms with Gasteiger partial charge in [-0.25, -0.2) is 0 Å². The van der Waals surface area contributed by atoms with Crippen LogP contribution in [0.5, 0.6) is 0 Å². The van der Waals surface area contributed by atoms with Crippen LogP contribution < -0.4 is 5.73 Å². The summed E-state index contributed by atoms with van der Waals surface area (Å²) in [7, 11) is 0. The lowest BCUT2D eigenvalue weighted by Crippen LogP contribution is -2.31. The van der Waals surface area contributed by atoms with Gasteiger partial charge < -0.3 is 10.5 Å². The standard InChI is InChI=1S/C13H20N4O/c1-10-8-17(6-3-7-18-10)9-11-4-2-5-16-12(11)13(14)15/h2,4-5,10H,3,6-9H2,1H3,(H3,14,15). The summed E-state index contributed by atoms with van der Waals surface area (Å²) >= 11 is 0. The van der Waals surface area contributed by atoms with Gasteiger partial charge in [0.05, 0.1) is 6.10 Å². The maximum absolute atomic E-state index is 7.55. The summed E-state index contributed by atoms with van der Waals surface area (Å²) in [5.41, 5.74) is 7.16. The van der Waals surface area contributed by atoms with Gasteiger partial charge in [0.1, 0.15) is 11.5 Å². The highest BCUT2D eigenvalue weighted by molar-refractivity contribution is 5.94. The summed E-state index contributed by atoms with van der Waals surface area (Å²) in [5, 5.41) is 7.55. The van der Waals surface area contributed by atoms with Gasteiger partial charge >= 0.3 is 0 Å². The first-order valence-corrected chi connectivity index (χ1v) is 6.29. The number of nitrogen functional groups attached to an aromatic ring is 1. The number of hydrogen-bond acceptors (Lipinski definition) is 4. The maximum atomic E-state index is 7.55. The van der Waals surface area contributed by atoms with Gasteiger partial charge in [-0.2, -0.15) is 0 Å². The topological polar surface area (TPSA) is 75.2 Å². The Labute approximate surface area is 107 Å². The third-order valence-corrected chi connectivity index (χ3v) is 3.08. The van der Waals surface area contributed by atoms with E-state index in [1.165, 1.54) is 0 Å². The molecule has 0 aliphatic carbocycles. The van der Waals surface area contributed by atoms with Crippen LogP contribution in [0, 0.1) is 5.41 Å². The zero-order valence-corrected chi connectivity index (χ0v) is 10.7. The van der Waals surface area contributed by atoms with Crippen LogP contribution in [0.25, 0.3) is 0 Å². The van der Waals surface area contributed by atoms with Crippen molar-refractivity contribution in [2.45, 2.75) is 26.0 Å². The highest BCUT2D eigenvalue weighted by atomic mass is 16.5. The Bertz CT molecular complexity index is 421. The van der Waals surface area contributed by atoms with Crippen molar-refractivity contribution < 1.29 is 4.74 Å². The second kappa shape index (κ2) is 5.93. The van der Waals surface area contributed by atoms with Gasteiger partial charge in [-0.1, -0.05) is 6.07 Å². The molecule has 1 aromatic heterocycles. The molecule has 98 valence electrons. The highest BCUT2D eigenvalue weighted by Gasteiger charge is 2.17. The van der Waals surface area contributed by atoms with Gasteiger partial charge in [-0.15, -0.1) is 0 Å². The van der Waals surface area contributed by atoms with Crippen molar-refractivity contribution in [3.63, 3.8) is 0 Å². The molecular weight excluding hydrogens is 228 g/mol. The minimum absolute atomic E-state index is 0.0321. The number of rotatable bonds is 3. The number of nitrogens with one attached hydrogen (secondary N) is 1. The summed E-state index contributed by atoms with van der Waals surface area (Å²) in [6.45, 7) is 5.61. The molecule has 2 heterocycles. The Balaban J connectivity index is 2.10. The molecule has 1 fully saturated rings. The molecule has 1 unspecified atom stereocenters. The number of pyridine rings is 1. The third-order valence-electron chi connectivity index (χ3n) is 3.08. The molecule has 1 aliphatic heterocycles. The smallest absolute Gasteiger partial charge is 0.142 e. The number of ether oxygens (including phenoxy) is 1. The first kappa shape index (κ1) is 13.0. The predicted molar refractivity (Wildman–Crippen MR) is 70.6 cm³/mol. The Kier molecular flexibility index (Phi) is 4.28. The first-order valence-electron chi connectivity index (χ1n) is 6.29. The van der Waals surface area contributed by atoms with E-state index >= 15 is 0 Å². The molecule has 2 rings (SSSR count). The van der Waals surface area contributed by atoms with Crippen LogP contribution in [-0.4, -0.2) is 41.5 Å². The molecule has 1 saturated heterocycles. The molecule has 3 N–H and O–H groups in total. The molecule has 5 heteroatoms. The van der Waals surface area contributed by atoms with Crippen LogP contribution in [0.3, 0.4) is 0 Å². The minimum Gasteiger partial charge on any atom is -0.382 e. The zero-order chi connectivity index (χ0) is 13.0. The lowest BCUT2D eigenvalue weighted by atomic mass is 10.1. The summed E-state index contributed by atoms with van der Waals surface area (Å²) in [4.78, 5) is 6.51. The third kappa shape index (κ3) is 3.27. The summed E-state index contributed by atoms with van der Waals surface area (Å²) < 4.78 is 5.62. The first-order chi connectivity index (χ1) is 8.66. The van der Waals surface area contributed by atoms with Gasteiger partial charge in [0.25, 0.3) is 0 Å². The molecule has 0 radical (unpaired) electrons. The number of amidine groups is 1. The average molecular weight is 248 g/mol. The fourth-order valence-electron chi connectivity index (χ4n) is 2.27. The number of aromatic nitrogens is 1. The monoisotopic (exact) mass is 248 g/mol. The SMILES string of the molecule is CC1CN(Cc2cccnc2C(=N)N)CCCO1. The van der Waals surface area contributed by atoms with Gasteiger partial charge in [-0.05, 0) is 25.0 Å². The van der Waals surface area contributed by atoms with E-state index in [0.29, 0.717) is 5.69 Å². The van der Waals surface area contributed by atoms with E-state index in [0.717, 1.165) is 38.2 Å². The minimum atomic E-state index is 0.0321. The van der Waals surface area contributed by atoms with E-state index in [-0.39, 0.29) is 11.9 Å². The van der Waals surface area contributed by atoms with Gasteiger partial charge in [-0.3, -0.25) is 15.3 Å². The number of nitrogens with zero attached hydrogens (tertiary/aromatic N) is 2. The number of nitrogens with two attached hydrogens (primary N) is 1. The normalized spacial score (nSPS) is 21.5. The number of hydrogen-bond donors (Lipinski definition) is 2. The van der Waals surface area contributed by atoms with Crippen LogP contribution in [0.1, 0.15) is 24.6 Å². The van der Waals surface area contributed by atoms with Gasteiger partial charge in [0.2, 0.25) is 0 Å². The largest absolute Gasteiger partial charge is 0.382 e. The Hall–Kier alpha value is -1.46. The summed E-state index contributed by atoms with van der Waals surface area (Å²) in [6.07, 6.45) is 2.97. The van der Waals surface area contributed by atoms with E-state index in [2.05, 4.69) is 16.8 Å². The van der Waals surface area contributed by atoms with Crippen molar-refractivity contribution in [3.05, 3.63) is 29.6 Å². The average Bonchev–Trinajstić information content (AvgIpc) is 2.54. The van der Waals surface area contributed by atoms with Crippen LogP contribution >= 0.6 is 0 Å². The molecule has 18 heavy (non-hydrogen) atoms. The van der Waals surface area contributed by atoms with Crippen LogP contribution in [0.15, 0.2) is 18.3 Å². The second-order valence-electron chi connectivity index (χ2n) is 4.69. The fourth-order valence-corrected chi connectivity index (χ4v) is 2.27. The van der Waals surface area contributed by atoms with Gasteiger partial charge in [0.15, 0.2) is 0 Å². The van der Waals surface area contributed by atoms with Crippen molar-refractivity contribution in [2.75, 3.05) is 19.7 Å². The van der Waals surface area contributed by atoms with Crippen LogP contribution in [0.2, 0.25) is 0 Å². The van der Waals surface area contributed by atoms with Crippen molar-refractivity contribution >= 4 is 5.84 Å². The Morgan fingerprint density at radius 3 is 3.28 bits per heavy atom. The molecule has 1 atom stereocenters. The molecule has 0 saturated carbocycles. The van der Waals surface area contributed by atoms with Crippen LogP contribution in [-0.2, 0) is 11.3 Å². The molecule has 1 aliphatic rings. The van der Waals surface area contributed by atoms with E-state index in [1.54, 1.807) is 6.20 Å². The Morgan fingerprint density at radius 1 is 1.67 bits per heavy atom. The molecule has 0 amide bonds. The Morgan fingerprint density at radius 2 is 2.50 bits per heavy atom. The molecule has 1 aromatic rings.